The molecule has 3 aromatic carbocycles. The number of para-hydroxylation sites is 2. The molecule has 0 bridgehead atoms. The van der Waals surface area contributed by atoms with Crippen LogP contribution in [-0.2, 0) is 21.4 Å². The minimum Gasteiger partial charge on any atom is -0.495 e. The van der Waals surface area contributed by atoms with Gasteiger partial charge in [-0.25, -0.2) is 9.18 Å². The number of nitrogens with zero attached hydrogens (tertiary/aromatic N) is 1. The zero-order valence-corrected chi connectivity index (χ0v) is 21.9. The van der Waals surface area contributed by atoms with Gasteiger partial charge in [-0.05, 0) is 66.9 Å². The molecule has 202 valence electrons. The van der Waals surface area contributed by atoms with Crippen LogP contribution in [0.3, 0.4) is 0 Å². The first-order chi connectivity index (χ1) is 18.3. The van der Waals surface area contributed by atoms with E-state index >= 15 is 0 Å². The number of rotatable bonds is 10. The van der Waals surface area contributed by atoms with E-state index in [2.05, 4.69) is 5.32 Å². The monoisotopic (exact) mass is 544 g/mol. The summed E-state index contributed by atoms with van der Waals surface area (Å²) in [4.78, 5) is 14.7. The molecule has 4 rings (SSSR count). The third-order valence-electron chi connectivity index (χ3n) is 5.99. The number of benzene rings is 3. The van der Waals surface area contributed by atoms with Crippen LogP contribution in [0.1, 0.15) is 18.4 Å². The Labute approximate surface area is 221 Å². The van der Waals surface area contributed by atoms with Crippen LogP contribution in [0.15, 0.2) is 71.6 Å². The summed E-state index contributed by atoms with van der Waals surface area (Å²) in [7, 11) is -1.36. The molecule has 1 N–H and O–H groups in total. The van der Waals surface area contributed by atoms with Crippen molar-refractivity contribution >= 4 is 21.8 Å². The average Bonchev–Trinajstić information content (AvgIpc) is 3.42. The fraction of sp³-hybridized carbons (Fsp3) is 0.296. The maximum Gasteiger partial charge on any atom is 0.339 e. The van der Waals surface area contributed by atoms with Crippen molar-refractivity contribution in [2.24, 2.45) is 0 Å². The van der Waals surface area contributed by atoms with Crippen molar-refractivity contribution in [3.05, 3.63) is 78.1 Å². The summed E-state index contributed by atoms with van der Waals surface area (Å²) >= 11 is 0. The lowest BCUT2D eigenvalue weighted by Crippen LogP contribution is -2.39. The fourth-order valence-corrected chi connectivity index (χ4v) is 5.00. The van der Waals surface area contributed by atoms with E-state index in [4.69, 9.17) is 18.4 Å². The van der Waals surface area contributed by atoms with Crippen LogP contribution in [0.4, 0.5) is 14.9 Å². The van der Waals surface area contributed by atoms with E-state index < -0.39 is 15.9 Å². The molecule has 0 spiro atoms. The van der Waals surface area contributed by atoms with Crippen LogP contribution >= 0.6 is 0 Å². The Kier molecular flexibility index (Phi) is 8.70. The van der Waals surface area contributed by atoms with E-state index in [-0.39, 0.29) is 35.1 Å². The van der Waals surface area contributed by atoms with Crippen LogP contribution in [-0.4, -0.2) is 52.8 Å². The van der Waals surface area contributed by atoms with E-state index in [1.807, 2.05) is 0 Å². The lowest BCUT2D eigenvalue weighted by molar-refractivity contribution is 0.0819. The number of hydrogen-bond donors (Lipinski definition) is 1. The van der Waals surface area contributed by atoms with E-state index in [1.165, 1.54) is 20.3 Å². The van der Waals surface area contributed by atoms with E-state index in [9.17, 15) is 17.6 Å². The molecular weight excluding hydrogens is 515 g/mol. The van der Waals surface area contributed by atoms with Gasteiger partial charge in [-0.2, -0.15) is 8.42 Å². The Hall–Kier alpha value is -3.83. The molecule has 1 saturated heterocycles. The predicted molar refractivity (Wildman–Crippen MR) is 139 cm³/mol. The number of nitrogens with one attached hydrogen (secondary N) is 1. The average molecular weight is 545 g/mol. The van der Waals surface area contributed by atoms with Crippen molar-refractivity contribution in [3.8, 4) is 17.2 Å². The first-order valence-corrected chi connectivity index (χ1v) is 13.4. The van der Waals surface area contributed by atoms with Gasteiger partial charge in [0.1, 0.15) is 16.5 Å². The fourth-order valence-electron chi connectivity index (χ4n) is 4.07. The van der Waals surface area contributed by atoms with E-state index in [0.29, 0.717) is 30.2 Å². The Balaban J connectivity index is 1.58. The van der Waals surface area contributed by atoms with Crippen molar-refractivity contribution < 1.29 is 36.0 Å². The SMILES string of the molecule is COc1ccccc1NC(=O)N(Cc1ccc(OC)c(OS(=O)(=O)c2ccc(F)cc2)c1)CC1CCCO1. The van der Waals surface area contributed by atoms with Gasteiger partial charge in [-0.3, -0.25) is 0 Å². The topological polar surface area (TPSA) is 103 Å². The maximum atomic E-state index is 13.3. The van der Waals surface area contributed by atoms with Gasteiger partial charge < -0.3 is 28.6 Å². The van der Waals surface area contributed by atoms with Crippen LogP contribution in [0.5, 0.6) is 17.2 Å². The minimum absolute atomic E-state index is 0.0588. The summed E-state index contributed by atoms with van der Waals surface area (Å²) < 4.78 is 60.6. The largest absolute Gasteiger partial charge is 0.495 e. The molecule has 1 atom stereocenters. The van der Waals surface area contributed by atoms with Crippen molar-refractivity contribution in [2.75, 3.05) is 32.7 Å². The highest BCUT2D eigenvalue weighted by atomic mass is 32.2. The van der Waals surface area contributed by atoms with Gasteiger partial charge >= 0.3 is 16.1 Å². The summed E-state index contributed by atoms with van der Waals surface area (Å²) in [5.74, 6) is 0.0745. The molecule has 0 radical (unpaired) electrons. The number of halogens is 1. The molecule has 1 aliphatic rings. The number of ether oxygens (including phenoxy) is 3. The summed E-state index contributed by atoms with van der Waals surface area (Å²) in [6.07, 6.45) is 1.62. The molecule has 0 saturated carbocycles. The smallest absolute Gasteiger partial charge is 0.339 e. The van der Waals surface area contributed by atoms with Crippen molar-refractivity contribution in [1.82, 2.24) is 4.90 Å². The molecule has 2 amide bonds. The number of anilines is 1. The highest BCUT2D eigenvalue weighted by Gasteiger charge is 2.25. The molecule has 38 heavy (non-hydrogen) atoms. The predicted octanol–water partition coefficient (Wildman–Crippen LogP) is 4.82. The van der Waals surface area contributed by atoms with Crippen molar-refractivity contribution in [2.45, 2.75) is 30.4 Å². The molecular formula is C27H29FN2O7S. The number of methoxy groups -OCH3 is 2. The summed E-state index contributed by atoms with van der Waals surface area (Å²) in [6, 6.07) is 15.8. The lowest BCUT2D eigenvalue weighted by Gasteiger charge is -2.26. The quantitative estimate of drug-likeness (QED) is 0.365. The van der Waals surface area contributed by atoms with Crippen LogP contribution in [0, 0.1) is 5.82 Å². The van der Waals surface area contributed by atoms with Crippen molar-refractivity contribution in [1.29, 1.82) is 0 Å². The Morgan fingerprint density at radius 3 is 2.45 bits per heavy atom. The highest BCUT2D eigenvalue weighted by Crippen LogP contribution is 2.32. The molecule has 1 aliphatic heterocycles. The molecule has 3 aromatic rings. The van der Waals surface area contributed by atoms with Crippen LogP contribution < -0.4 is 19.0 Å². The zero-order valence-electron chi connectivity index (χ0n) is 21.1. The number of carbonyl (C=O) groups is 1. The minimum atomic E-state index is -4.26. The van der Waals surface area contributed by atoms with Gasteiger partial charge in [0, 0.05) is 19.7 Å². The molecule has 9 nitrogen and oxygen atoms in total. The Bertz CT molecular complexity index is 1360. The molecule has 1 fully saturated rings. The summed E-state index contributed by atoms with van der Waals surface area (Å²) in [5.41, 5.74) is 1.12. The maximum absolute atomic E-state index is 13.3. The first-order valence-electron chi connectivity index (χ1n) is 12.0. The lowest BCUT2D eigenvalue weighted by atomic mass is 10.1. The number of amides is 2. The normalized spacial score (nSPS) is 15.1. The first kappa shape index (κ1) is 27.2. The second kappa shape index (κ2) is 12.1. The highest BCUT2D eigenvalue weighted by molar-refractivity contribution is 7.87. The van der Waals surface area contributed by atoms with Gasteiger partial charge in [0.25, 0.3) is 0 Å². The molecule has 1 heterocycles. The zero-order chi connectivity index (χ0) is 27.1. The number of hydrogen-bond acceptors (Lipinski definition) is 7. The van der Waals surface area contributed by atoms with Crippen LogP contribution in [0.2, 0.25) is 0 Å². The van der Waals surface area contributed by atoms with Gasteiger partial charge in [0.15, 0.2) is 11.5 Å². The van der Waals surface area contributed by atoms with E-state index in [0.717, 1.165) is 37.1 Å². The second-order valence-corrected chi connectivity index (χ2v) is 10.2. The van der Waals surface area contributed by atoms with Gasteiger partial charge in [0.2, 0.25) is 0 Å². The van der Waals surface area contributed by atoms with Crippen molar-refractivity contribution in [3.63, 3.8) is 0 Å². The molecule has 11 heteroatoms. The van der Waals surface area contributed by atoms with Gasteiger partial charge in [0.05, 0.1) is 26.0 Å². The third kappa shape index (κ3) is 6.73. The van der Waals surface area contributed by atoms with Gasteiger partial charge in [-0.15, -0.1) is 0 Å². The molecule has 0 aromatic heterocycles. The van der Waals surface area contributed by atoms with Crippen LogP contribution in [0.25, 0.3) is 0 Å². The summed E-state index contributed by atoms with van der Waals surface area (Å²) in [5, 5.41) is 2.88. The third-order valence-corrected chi connectivity index (χ3v) is 7.24. The second-order valence-electron chi connectivity index (χ2n) is 8.62. The standard InChI is InChI=1S/C27H29FN2O7S/c1-34-24-8-4-3-7-23(24)29-27(31)30(18-21-6-5-15-36-21)17-19-9-14-25(35-2)26(16-19)37-38(32,33)22-12-10-20(28)11-13-22/h3-4,7-14,16,21H,5-6,15,17-18H2,1-2H3,(H,29,31). The molecule has 0 aliphatic carbocycles. The number of carbonyl (C=O) groups excluding carboxylic acids is 1. The van der Waals surface area contributed by atoms with Gasteiger partial charge in [-0.1, -0.05) is 18.2 Å². The summed E-state index contributed by atoms with van der Waals surface area (Å²) in [6.45, 7) is 1.10. The number of urea groups is 1. The Morgan fingerprint density at radius 1 is 1.03 bits per heavy atom. The van der Waals surface area contributed by atoms with E-state index in [1.54, 1.807) is 41.3 Å². The molecule has 1 unspecified atom stereocenters. The Morgan fingerprint density at radius 2 is 1.76 bits per heavy atom.